The normalized spacial score (nSPS) is 17.1. The first kappa shape index (κ1) is 64.7. The van der Waals surface area contributed by atoms with Crippen LogP contribution in [0.2, 0.25) is 10.0 Å². The maximum absolute atomic E-state index is 14.2. The number of hydrogen-bond acceptors (Lipinski definition) is 16. The van der Waals surface area contributed by atoms with Crippen molar-refractivity contribution in [3.05, 3.63) is 128 Å². The molecular formula is C56H60Cl2F6N8O10S2. The molecule has 28 heteroatoms. The highest BCUT2D eigenvalue weighted by molar-refractivity contribution is 8.00. The number of nitrogens with zero attached hydrogens (tertiary/aromatic N) is 6. The standard InChI is InChI=1S/2C28H30ClF3N4O5S/c2*1-14(2)11-18(26(38)41-5)33-22(37)13-21-25-34-35-27(28(30,31)32)36(25)19-10-9-15(29)12-17(19)24(42-21)16-7-6-8-20(39-3)23(16)40-4/h2*6-10,12,14,18,21,24H,11,13H2,1-5H3,(H,33,37)/t18-,21+,24+;18-,21-,24-/m00/s1. The highest BCUT2D eigenvalue weighted by Gasteiger charge is 2.46. The molecule has 0 spiro atoms. The molecule has 6 aromatic rings. The summed E-state index contributed by atoms with van der Waals surface area (Å²) in [5.74, 6) is -3.27. The molecule has 4 aromatic carbocycles. The molecule has 0 saturated heterocycles. The van der Waals surface area contributed by atoms with E-state index >= 15 is 0 Å². The van der Waals surface area contributed by atoms with Crippen molar-refractivity contribution in [3.8, 4) is 34.4 Å². The zero-order valence-electron chi connectivity index (χ0n) is 47.0. The molecule has 0 unspecified atom stereocenters. The van der Waals surface area contributed by atoms with Gasteiger partial charge in [0.05, 0.1) is 75.0 Å². The third kappa shape index (κ3) is 14.4. The van der Waals surface area contributed by atoms with Gasteiger partial charge in [0, 0.05) is 34.0 Å². The summed E-state index contributed by atoms with van der Waals surface area (Å²) in [5, 5.41) is 17.6. The Bertz CT molecular complexity index is 3150. The zero-order valence-corrected chi connectivity index (χ0v) is 50.1. The van der Waals surface area contributed by atoms with Gasteiger partial charge in [-0.15, -0.1) is 43.9 Å². The molecule has 2 aromatic heterocycles. The van der Waals surface area contributed by atoms with Crippen LogP contribution in [0.1, 0.15) is 120 Å². The van der Waals surface area contributed by atoms with Crippen molar-refractivity contribution in [1.82, 2.24) is 40.2 Å². The van der Waals surface area contributed by atoms with Crippen LogP contribution < -0.4 is 29.6 Å². The summed E-state index contributed by atoms with van der Waals surface area (Å²) in [4.78, 5) is 51.4. The van der Waals surface area contributed by atoms with Gasteiger partial charge in [-0.3, -0.25) is 18.7 Å². The number of esters is 2. The molecule has 0 fully saturated rings. The van der Waals surface area contributed by atoms with Crippen LogP contribution in [-0.2, 0) is 41.0 Å². The lowest BCUT2D eigenvalue weighted by Gasteiger charge is -2.24. The SMILES string of the molecule is COC(=O)[C@H](CC(C)C)NC(=O)C[C@@H]1S[C@@H](c2cccc(OC)c2OC)c2cc(Cl)ccc2-n2c1nnc2C(F)(F)F.COC(=O)[C@H](CC(C)C)NC(=O)C[C@H]1S[C@H](c2cccc(OC)c2OC)c2cc(Cl)ccc2-n2c1nnc2C(F)(F)F. The fourth-order valence-corrected chi connectivity index (χ4v) is 13.2. The van der Waals surface area contributed by atoms with Crippen LogP contribution in [0.15, 0.2) is 72.8 Å². The third-order valence-electron chi connectivity index (χ3n) is 13.3. The Morgan fingerprint density at radius 3 is 1.23 bits per heavy atom. The summed E-state index contributed by atoms with van der Waals surface area (Å²) in [7, 11) is 8.32. The minimum absolute atomic E-state index is 0.0586. The quantitative estimate of drug-likeness (QED) is 0.0605. The molecule has 2 amide bonds. The summed E-state index contributed by atoms with van der Waals surface area (Å²) >= 11 is 15.1. The molecular weight excluding hydrogens is 1190 g/mol. The van der Waals surface area contributed by atoms with Crippen molar-refractivity contribution >= 4 is 70.5 Å². The predicted molar refractivity (Wildman–Crippen MR) is 302 cm³/mol. The first-order valence-corrected chi connectivity index (χ1v) is 28.5. The Kier molecular flexibility index (Phi) is 21.1. The number of fused-ring (bicyclic) bond motifs is 6. The number of alkyl halides is 6. The summed E-state index contributed by atoms with van der Waals surface area (Å²) < 4.78 is 119. The van der Waals surface area contributed by atoms with E-state index in [2.05, 4.69) is 31.0 Å². The van der Waals surface area contributed by atoms with Gasteiger partial charge in [-0.2, -0.15) is 26.3 Å². The van der Waals surface area contributed by atoms with Crippen molar-refractivity contribution in [2.24, 2.45) is 11.8 Å². The summed E-state index contributed by atoms with van der Waals surface area (Å²) in [6, 6.07) is 17.6. The second kappa shape index (κ2) is 27.4. The topological polar surface area (TPSA) is 209 Å². The Labute approximate surface area is 498 Å². The lowest BCUT2D eigenvalue weighted by atomic mass is 10.0. The largest absolute Gasteiger partial charge is 0.493 e. The van der Waals surface area contributed by atoms with E-state index in [9.17, 15) is 45.5 Å². The Balaban J connectivity index is 0.000000241. The molecule has 0 radical (unpaired) electrons. The van der Waals surface area contributed by atoms with Crippen molar-refractivity contribution in [2.75, 3.05) is 42.7 Å². The number of rotatable bonds is 18. The van der Waals surface area contributed by atoms with Gasteiger partial charge in [-0.05, 0) is 84.3 Å². The molecule has 452 valence electrons. The first-order chi connectivity index (χ1) is 39.8. The Hall–Kier alpha value is -6.90. The molecule has 2 aliphatic rings. The average Bonchev–Trinajstić information content (AvgIpc) is 1.84. The second-order valence-electron chi connectivity index (χ2n) is 20.0. The maximum atomic E-state index is 14.2. The lowest BCUT2D eigenvalue weighted by Crippen LogP contribution is -2.42. The first-order valence-electron chi connectivity index (χ1n) is 25.9. The summed E-state index contributed by atoms with van der Waals surface area (Å²) in [6.45, 7) is 7.55. The predicted octanol–water partition coefficient (Wildman–Crippen LogP) is 11.9. The number of nitrogens with one attached hydrogen (secondary N) is 2. The number of carbonyl (C=O) groups excluding carboxylic acids is 4. The van der Waals surface area contributed by atoms with Gasteiger partial charge in [0.1, 0.15) is 12.1 Å². The van der Waals surface area contributed by atoms with Crippen molar-refractivity contribution in [1.29, 1.82) is 0 Å². The zero-order chi connectivity index (χ0) is 61.5. The van der Waals surface area contributed by atoms with Gasteiger partial charge >= 0.3 is 24.3 Å². The number of methoxy groups -OCH3 is 6. The summed E-state index contributed by atoms with van der Waals surface area (Å²) in [5.41, 5.74) is 2.36. The van der Waals surface area contributed by atoms with Gasteiger partial charge in [0.25, 0.3) is 0 Å². The van der Waals surface area contributed by atoms with Crippen LogP contribution in [0.25, 0.3) is 11.4 Å². The van der Waals surface area contributed by atoms with E-state index < -0.39 is 80.8 Å². The van der Waals surface area contributed by atoms with Crippen LogP contribution in [-0.4, -0.2) is 108 Å². The molecule has 6 atom stereocenters. The number of aromatic nitrogens is 6. The smallest absolute Gasteiger partial charge is 0.452 e. The van der Waals surface area contributed by atoms with E-state index in [1.54, 1.807) is 48.5 Å². The lowest BCUT2D eigenvalue weighted by molar-refractivity contribution is -0.147. The molecule has 84 heavy (non-hydrogen) atoms. The summed E-state index contributed by atoms with van der Waals surface area (Å²) in [6.07, 6.45) is -9.68. The monoisotopic (exact) mass is 1250 g/mol. The molecule has 18 nitrogen and oxygen atoms in total. The molecule has 0 bridgehead atoms. The van der Waals surface area contributed by atoms with Gasteiger partial charge < -0.3 is 39.1 Å². The maximum Gasteiger partial charge on any atom is 0.452 e. The molecule has 4 heterocycles. The molecule has 0 saturated carbocycles. The van der Waals surface area contributed by atoms with Crippen LogP contribution >= 0.6 is 46.7 Å². The van der Waals surface area contributed by atoms with Gasteiger partial charge in [-0.1, -0.05) is 75.2 Å². The molecule has 2 aliphatic heterocycles. The number of thioether (sulfide) groups is 2. The van der Waals surface area contributed by atoms with Gasteiger partial charge in [0.2, 0.25) is 23.5 Å². The van der Waals surface area contributed by atoms with Crippen LogP contribution in [0, 0.1) is 11.8 Å². The molecule has 8 rings (SSSR count). The highest BCUT2D eigenvalue weighted by atomic mass is 35.5. The van der Waals surface area contributed by atoms with E-state index in [0.29, 0.717) is 68.1 Å². The van der Waals surface area contributed by atoms with E-state index in [0.717, 1.165) is 9.13 Å². The minimum atomic E-state index is -4.85. The van der Waals surface area contributed by atoms with Gasteiger partial charge in [-0.25, -0.2) is 9.59 Å². The highest BCUT2D eigenvalue weighted by Crippen LogP contribution is 2.56. The van der Waals surface area contributed by atoms with E-state index in [-0.39, 0.29) is 47.7 Å². The number of ether oxygens (including phenoxy) is 6. The molecule has 2 N–H and O–H groups in total. The number of hydrogen-bond donors (Lipinski definition) is 2. The number of carbonyl (C=O) groups is 4. The fraction of sp³-hybridized carbons (Fsp3) is 0.429. The van der Waals surface area contributed by atoms with Crippen molar-refractivity contribution in [3.63, 3.8) is 0 Å². The average molecular weight is 1250 g/mol. The Morgan fingerprint density at radius 2 is 0.917 bits per heavy atom. The fourth-order valence-electron chi connectivity index (χ4n) is 9.82. The van der Waals surface area contributed by atoms with Crippen LogP contribution in [0.5, 0.6) is 23.0 Å². The van der Waals surface area contributed by atoms with E-state index in [1.165, 1.54) is 90.4 Å². The van der Waals surface area contributed by atoms with Gasteiger partial charge in [0.15, 0.2) is 34.6 Å². The van der Waals surface area contributed by atoms with E-state index in [4.69, 9.17) is 51.6 Å². The van der Waals surface area contributed by atoms with Crippen molar-refractivity contribution < 1.29 is 73.9 Å². The number of amides is 2. The number of para-hydroxylation sites is 2. The number of benzene rings is 4. The van der Waals surface area contributed by atoms with E-state index in [1.807, 2.05) is 27.7 Å². The van der Waals surface area contributed by atoms with Crippen LogP contribution in [0.3, 0.4) is 0 Å². The third-order valence-corrected chi connectivity index (χ3v) is 16.8. The number of halogens is 8. The Morgan fingerprint density at radius 1 is 0.548 bits per heavy atom. The van der Waals surface area contributed by atoms with Crippen LogP contribution in [0.4, 0.5) is 26.3 Å². The molecule has 0 aliphatic carbocycles. The second-order valence-corrected chi connectivity index (χ2v) is 23.5. The van der Waals surface area contributed by atoms with Crippen molar-refractivity contribution in [2.45, 2.75) is 98.8 Å². The minimum Gasteiger partial charge on any atom is -0.493 e.